The van der Waals surface area contributed by atoms with E-state index in [4.69, 9.17) is 38.9 Å². The molecule has 2 aliphatic rings. The Kier molecular flexibility index (Phi) is 9.83. The molecule has 1 amide bonds. The smallest absolute Gasteiger partial charge is 0.419 e. The quantitative estimate of drug-likeness (QED) is 0.405. The number of nitrogen functional groups attached to an aromatic ring is 1. The number of ether oxygens (including phenoxy) is 7. The number of nitrogens with zero attached hydrogens (tertiary/aromatic N) is 4. The molecule has 14 heteroatoms. The number of rotatable bonds is 8. The number of para-hydroxylation sites is 1. The van der Waals surface area contributed by atoms with E-state index >= 15 is 0 Å². The van der Waals surface area contributed by atoms with E-state index in [1.807, 2.05) is 33.8 Å². The number of amides is 1. The second kappa shape index (κ2) is 13.5. The first kappa shape index (κ1) is 29.9. The monoisotopic (exact) mass is 570 g/mol. The Morgan fingerprint density at radius 3 is 1.98 bits per heavy atom. The summed E-state index contributed by atoms with van der Waals surface area (Å²) in [6, 6.07) is 11.9. The van der Waals surface area contributed by atoms with Gasteiger partial charge in [-0.05, 0) is 39.8 Å². The summed E-state index contributed by atoms with van der Waals surface area (Å²) in [7, 11) is 0. The molecular weight excluding hydrogens is 536 g/mol. The van der Waals surface area contributed by atoms with Crippen LogP contribution in [-0.2, 0) is 18.9 Å². The molecule has 0 spiro atoms. The molecule has 3 aromatic rings. The summed E-state index contributed by atoms with van der Waals surface area (Å²) in [5.41, 5.74) is 5.43. The van der Waals surface area contributed by atoms with Gasteiger partial charge in [-0.25, -0.2) is 14.8 Å². The molecule has 0 saturated carbocycles. The van der Waals surface area contributed by atoms with Crippen LogP contribution in [0, 0.1) is 0 Å². The molecule has 0 unspecified atom stereocenters. The molecule has 14 nitrogen and oxygen atoms in total. The zero-order chi connectivity index (χ0) is 29.3. The summed E-state index contributed by atoms with van der Waals surface area (Å²) >= 11 is 0. The molecule has 5 rings (SSSR count). The van der Waals surface area contributed by atoms with Gasteiger partial charge in [0.25, 0.3) is 0 Å². The number of carbonyl (C=O) groups excluding carboxylic acids is 1. The van der Waals surface area contributed by atoms with Gasteiger partial charge in [0.2, 0.25) is 23.7 Å². The van der Waals surface area contributed by atoms with Crippen LogP contribution in [-0.4, -0.2) is 76.2 Å². The number of hydrogen-bond donors (Lipinski definition) is 2. The van der Waals surface area contributed by atoms with Gasteiger partial charge in [-0.1, -0.05) is 18.2 Å². The standard InChI is InChI=1S/C17H19N3O5.C10H15N3O3/c1-17(2)23-11-13(25-17)10-22-14-8-9-18-15(19-14)20-16(21)24-12-6-4-3-5-7-12;1-10(2)15-6-7(16-10)5-14-8-3-4-12-9(11)13-8/h3-9,13H,10-11H2,1-2H3,(H,18,19,20,21);3-4,7H,5-6H2,1-2H3,(H2,11,12,13)/t13-;7-/m11/s1. The molecule has 4 heterocycles. The van der Waals surface area contributed by atoms with Gasteiger partial charge in [-0.3, -0.25) is 5.32 Å². The zero-order valence-corrected chi connectivity index (χ0v) is 23.3. The van der Waals surface area contributed by atoms with E-state index in [-0.39, 0.29) is 30.7 Å². The maximum absolute atomic E-state index is 11.8. The second-order valence-corrected chi connectivity index (χ2v) is 9.82. The van der Waals surface area contributed by atoms with E-state index in [2.05, 4.69) is 25.3 Å². The van der Waals surface area contributed by atoms with Crippen LogP contribution in [0.4, 0.5) is 16.7 Å². The van der Waals surface area contributed by atoms with Gasteiger partial charge in [0, 0.05) is 24.5 Å². The van der Waals surface area contributed by atoms with Crippen LogP contribution in [0.2, 0.25) is 0 Å². The lowest BCUT2D eigenvalue weighted by atomic mass is 10.3. The molecule has 0 radical (unpaired) electrons. The number of aromatic nitrogens is 4. The molecule has 2 fully saturated rings. The van der Waals surface area contributed by atoms with Crippen molar-refractivity contribution >= 4 is 18.0 Å². The van der Waals surface area contributed by atoms with E-state index in [9.17, 15) is 4.79 Å². The first-order valence-electron chi connectivity index (χ1n) is 12.9. The first-order chi connectivity index (χ1) is 19.6. The van der Waals surface area contributed by atoms with Crippen molar-refractivity contribution in [3.63, 3.8) is 0 Å². The molecule has 0 bridgehead atoms. The number of carbonyl (C=O) groups is 1. The van der Waals surface area contributed by atoms with E-state index in [1.165, 1.54) is 6.20 Å². The number of anilines is 2. The Morgan fingerprint density at radius 2 is 1.44 bits per heavy atom. The molecule has 41 heavy (non-hydrogen) atoms. The Labute approximate surface area is 237 Å². The minimum absolute atomic E-state index is 0.0776. The lowest BCUT2D eigenvalue weighted by Crippen LogP contribution is -2.25. The Balaban J connectivity index is 0.000000208. The van der Waals surface area contributed by atoms with Gasteiger partial charge in [0.15, 0.2) is 11.6 Å². The fourth-order valence-corrected chi connectivity index (χ4v) is 3.68. The van der Waals surface area contributed by atoms with Gasteiger partial charge in [-0.2, -0.15) is 9.97 Å². The van der Waals surface area contributed by atoms with E-state index in [1.54, 1.807) is 42.6 Å². The van der Waals surface area contributed by atoms with Crippen LogP contribution in [0.25, 0.3) is 0 Å². The molecule has 3 N–H and O–H groups in total. The molecule has 220 valence electrons. The summed E-state index contributed by atoms with van der Waals surface area (Å²) in [5.74, 6) is 0.336. The molecule has 2 aliphatic heterocycles. The Morgan fingerprint density at radius 1 is 0.878 bits per heavy atom. The normalized spacial score (nSPS) is 20.4. The Hall–Kier alpha value is -4.11. The van der Waals surface area contributed by atoms with Crippen LogP contribution in [0.5, 0.6) is 17.5 Å². The predicted octanol–water partition coefficient (Wildman–Crippen LogP) is 3.21. The van der Waals surface area contributed by atoms with Crippen molar-refractivity contribution in [3.05, 3.63) is 54.9 Å². The maximum atomic E-state index is 11.8. The van der Waals surface area contributed by atoms with Crippen molar-refractivity contribution < 1.29 is 38.0 Å². The van der Waals surface area contributed by atoms with Gasteiger partial charge in [0.1, 0.15) is 31.2 Å². The summed E-state index contributed by atoms with van der Waals surface area (Å²) < 4.78 is 38.2. The lowest BCUT2D eigenvalue weighted by Gasteiger charge is -2.17. The highest BCUT2D eigenvalue weighted by atomic mass is 16.8. The minimum atomic E-state index is -0.683. The molecule has 2 atom stereocenters. The van der Waals surface area contributed by atoms with Crippen LogP contribution in [0.3, 0.4) is 0 Å². The minimum Gasteiger partial charge on any atom is -0.475 e. The third-order valence-corrected chi connectivity index (χ3v) is 5.42. The number of nitrogens with two attached hydrogens (primary N) is 1. The van der Waals surface area contributed by atoms with Crippen LogP contribution in [0.15, 0.2) is 54.9 Å². The number of hydrogen-bond acceptors (Lipinski definition) is 13. The summed E-state index contributed by atoms with van der Waals surface area (Å²) in [6.07, 6.45) is 2.09. The lowest BCUT2D eigenvalue weighted by molar-refractivity contribution is -0.142. The highest BCUT2D eigenvalue weighted by Gasteiger charge is 2.34. The van der Waals surface area contributed by atoms with Crippen LogP contribution < -0.4 is 25.3 Å². The van der Waals surface area contributed by atoms with Crippen molar-refractivity contribution in [2.45, 2.75) is 51.5 Å². The van der Waals surface area contributed by atoms with Gasteiger partial charge in [0.05, 0.1) is 13.2 Å². The van der Waals surface area contributed by atoms with Gasteiger partial charge in [-0.15, -0.1) is 0 Å². The average molecular weight is 571 g/mol. The summed E-state index contributed by atoms with van der Waals surface area (Å²) in [5, 5.41) is 2.45. The third-order valence-electron chi connectivity index (χ3n) is 5.42. The molecule has 0 aliphatic carbocycles. The highest BCUT2D eigenvalue weighted by Crippen LogP contribution is 2.24. The largest absolute Gasteiger partial charge is 0.475 e. The van der Waals surface area contributed by atoms with Crippen molar-refractivity contribution in [1.29, 1.82) is 0 Å². The number of benzene rings is 1. The SMILES string of the molecule is CC1(C)OC[C@@H](COc2ccnc(N)n2)O1.CC1(C)OC[C@@H](COc2ccnc(NC(=O)Oc3ccccc3)n2)O1. The first-order valence-corrected chi connectivity index (χ1v) is 12.9. The summed E-state index contributed by atoms with van der Waals surface area (Å²) in [6.45, 7) is 9.08. The van der Waals surface area contributed by atoms with Crippen molar-refractivity contribution in [1.82, 2.24) is 19.9 Å². The van der Waals surface area contributed by atoms with Gasteiger partial charge >= 0.3 is 6.09 Å². The molecular formula is C27H34N6O8. The molecule has 1 aromatic carbocycles. The third kappa shape index (κ3) is 10.1. The predicted molar refractivity (Wildman–Crippen MR) is 145 cm³/mol. The van der Waals surface area contributed by atoms with Crippen molar-refractivity contribution in [2.24, 2.45) is 0 Å². The topological polar surface area (TPSA) is 171 Å². The van der Waals surface area contributed by atoms with Gasteiger partial charge < -0.3 is 38.9 Å². The second-order valence-electron chi connectivity index (χ2n) is 9.82. The average Bonchev–Trinajstić information content (AvgIpc) is 3.47. The van der Waals surface area contributed by atoms with E-state index in [0.717, 1.165) is 0 Å². The van der Waals surface area contributed by atoms with E-state index < -0.39 is 17.7 Å². The zero-order valence-electron chi connectivity index (χ0n) is 23.3. The fourth-order valence-electron chi connectivity index (χ4n) is 3.68. The summed E-state index contributed by atoms with van der Waals surface area (Å²) in [4.78, 5) is 27.6. The van der Waals surface area contributed by atoms with Crippen LogP contribution in [0.1, 0.15) is 27.7 Å². The maximum Gasteiger partial charge on any atom is 0.419 e. The van der Waals surface area contributed by atoms with Crippen molar-refractivity contribution in [3.8, 4) is 17.5 Å². The molecule has 2 saturated heterocycles. The van der Waals surface area contributed by atoms with Crippen LogP contribution >= 0.6 is 0 Å². The fraction of sp³-hybridized carbons (Fsp3) is 0.444. The Bertz CT molecular complexity index is 1280. The van der Waals surface area contributed by atoms with E-state index in [0.29, 0.717) is 37.3 Å². The number of nitrogens with one attached hydrogen (secondary N) is 1. The molecule has 2 aromatic heterocycles. The highest BCUT2D eigenvalue weighted by molar-refractivity contribution is 5.84. The van der Waals surface area contributed by atoms with Crippen molar-refractivity contribution in [2.75, 3.05) is 37.5 Å².